The SMILES string of the molecule is COc1cc2cc(CCC(=O)NCCCC(C)(C)C)c(=O)[nH]c2cc1OC. The van der Waals surface area contributed by atoms with Crippen molar-refractivity contribution in [2.75, 3.05) is 20.8 Å². The molecule has 0 fully saturated rings. The number of aromatic amines is 1. The minimum Gasteiger partial charge on any atom is -0.493 e. The van der Waals surface area contributed by atoms with Crippen LogP contribution in [0.5, 0.6) is 11.5 Å². The van der Waals surface area contributed by atoms with Gasteiger partial charge >= 0.3 is 0 Å². The van der Waals surface area contributed by atoms with Crippen LogP contribution >= 0.6 is 0 Å². The van der Waals surface area contributed by atoms with Gasteiger partial charge in [0.15, 0.2) is 11.5 Å². The van der Waals surface area contributed by atoms with Gasteiger partial charge in [-0.15, -0.1) is 0 Å². The van der Waals surface area contributed by atoms with Crippen LogP contribution in [0.1, 0.15) is 45.6 Å². The standard InChI is InChI=1S/C21H30N2O4/c1-21(2,3)9-6-10-22-19(24)8-7-14-11-15-12-17(26-4)18(27-5)13-16(15)23-20(14)25/h11-13H,6-10H2,1-5H3,(H,22,24)(H,23,25). The fourth-order valence-electron chi connectivity index (χ4n) is 2.95. The minimum absolute atomic E-state index is 0.0317. The normalized spacial score (nSPS) is 11.4. The molecule has 2 aromatic rings. The van der Waals surface area contributed by atoms with Crippen LogP contribution in [0.2, 0.25) is 0 Å². The molecule has 6 heteroatoms. The maximum absolute atomic E-state index is 12.3. The van der Waals surface area contributed by atoms with E-state index in [1.54, 1.807) is 20.3 Å². The summed E-state index contributed by atoms with van der Waals surface area (Å²) in [5.41, 5.74) is 1.34. The van der Waals surface area contributed by atoms with Crippen molar-refractivity contribution < 1.29 is 14.3 Å². The minimum atomic E-state index is -0.185. The number of amides is 1. The molecule has 0 unspecified atom stereocenters. The number of methoxy groups -OCH3 is 2. The van der Waals surface area contributed by atoms with E-state index in [1.165, 1.54) is 0 Å². The van der Waals surface area contributed by atoms with Crippen LogP contribution in [0, 0.1) is 5.41 Å². The quantitative estimate of drug-likeness (QED) is 0.694. The van der Waals surface area contributed by atoms with Gasteiger partial charge in [0.25, 0.3) is 5.56 Å². The highest BCUT2D eigenvalue weighted by Gasteiger charge is 2.12. The number of hydrogen-bond acceptors (Lipinski definition) is 4. The van der Waals surface area contributed by atoms with E-state index in [4.69, 9.17) is 9.47 Å². The van der Waals surface area contributed by atoms with E-state index in [1.807, 2.05) is 12.1 Å². The number of pyridine rings is 1. The van der Waals surface area contributed by atoms with E-state index >= 15 is 0 Å². The first-order valence-corrected chi connectivity index (χ1v) is 9.28. The molecule has 1 aromatic heterocycles. The second-order valence-corrected chi connectivity index (χ2v) is 7.93. The number of H-pyrrole nitrogens is 1. The highest BCUT2D eigenvalue weighted by Crippen LogP contribution is 2.31. The van der Waals surface area contributed by atoms with Gasteiger partial charge in [-0.2, -0.15) is 0 Å². The molecule has 1 aromatic carbocycles. The number of aryl methyl sites for hydroxylation is 1. The summed E-state index contributed by atoms with van der Waals surface area (Å²) in [5.74, 6) is 1.12. The van der Waals surface area contributed by atoms with Crippen molar-refractivity contribution >= 4 is 16.8 Å². The summed E-state index contributed by atoms with van der Waals surface area (Å²) < 4.78 is 10.6. The van der Waals surface area contributed by atoms with Crippen LogP contribution in [0.15, 0.2) is 23.0 Å². The Hall–Kier alpha value is -2.50. The third-order valence-corrected chi connectivity index (χ3v) is 4.47. The smallest absolute Gasteiger partial charge is 0.251 e. The summed E-state index contributed by atoms with van der Waals surface area (Å²) in [6.45, 7) is 7.23. The number of hydrogen-bond donors (Lipinski definition) is 2. The van der Waals surface area contributed by atoms with Crippen LogP contribution in [-0.2, 0) is 11.2 Å². The van der Waals surface area contributed by atoms with Crippen molar-refractivity contribution in [3.05, 3.63) is 34.1 Å². The molecule has 6 nitrogen and oxygen atoms in total. The third kappa shape index (κ3) is 6.01. The molecule has 0 aliphatic heterocycles. The van der Waals surface area contributed by atoms with Crippen LogP contribution in [0.25, 0.3) is 10.9 Å². The number of rotatable bonds is 8. The molecule has 1 heterocycles. The van der Waals surface area contributed by atoms with Gasteiger partial charge in [-0.05, 0) is 36.8 Å². The van der Waals surface area contributed by atoms with Crippen molar-refractivity contribution in [3.63, 3.8) is 0 Å². The fourth-order valence-corrected chi connectivity index (χ4v) is 2.95. The van der Waals surface area contributed by atoms with E-state index < -0.39 is 0 Å². The van der Waals surface area contributed by atoms with Crippen LogP contribution in [-0.4, -0.2) is 31.7 Å². The number of carbonyl (C=O) groups excluding carboxylic acids is 1. The molecular weight excluding hydrogens is 344 g/mol. The van der Waals surface area contributed by atoms with Crippen molar-refractivity contribution in [2.24, 2.45) is 5.41 Å². The zero-order chi connectivity index (χ0) is 20.0. The second kappa shape index (κ2) is 8.93. The van der Waals surface area contributed by atoms with E-state index in [-0.39, 0.29) is 23.3 Å². The summed E-state index contributed by atoms with van der Waals surface area (Å²) in [6, 6.07) is 5.37. The molecule has 27 heavy (non-hydrogen) atoms. The van der Waals surface area contributed by atoms with Crippen molar-refractivity contribution in [3.8, 4) is 11.5 Å². The highest BCUT2D eigenvalue weighted by molar-refractivity contribution is 5.83. The summed E-state index contributed by atoms with van der Waals surface area (Å²) in [6.07, 6.45) is 2.69. The predicted octanol–water partition coefficient (Wildman–Crippen LogP) is 3.42. The Bertz CT molecular complexity index is 850. The molecular formula is C21H30N2O4. The maximum atomic E-state index is 12.3. The first-order chi connectivity index (χ1) is 12.7. The van der Waals surface area contributed by atoms with Crippen LogP contribution in [0.4, 0.5) is 0 Å². The summed E-state index contributed by atoms with van der Waals surface area (Å²) >= 11 is 0. The van der Waals surface area contributed by atoms with Crippen molar-refractivity contribution in [1.82, 2.24) is 10.3 Å². The Morgan fingerprint density at radius 1 is 1.11 bits per heavy atom. The van der Waals surface area contributed by atoms with Gasteiger partial charge in [-0.3, -0.25) is 9.59 Å². The molecule has 0 bridgehead atoms. The first-order valence-electron chi connectivity index (χ1n) is 9.28. The number of carbonyl (C=O) groups is 1. The average molecular weight is 374 g/mol. The zero-order valence-corrected chi connectivity index (χ0v) is 16.9. The Labute approximate surface area is 160 Å². The molecule has 2 N–H and O–H groups in total. The number of ether oxygens (including phenoxy) is 2. The molecule has 2 rings (SSSR count). The fraction of sp³-hybridized carbons (Fsp3) is 0.524. The summed E-state index contributed by atoms with van der Waals surface area (Å²) in [4.78, 5) is 27.2. The lowest BCUT2D eigenvalue weighted by Gasteiger charge is -2.17. The molecule has 0 saturated carbocycles. The zero-order valence-electron chi connectivity index (χ0n) is 16.9. The molecule has 148 valence electrons. The lowest BCUT2D eigenvalue weighted by atomic mass is 9.91. The second-order valence-electron chi connectivity index (χ2n) is 7.93. The highest BCUT2D eigenvalue weighted by atomic mass is 16.5. The van der Waals surface area contributed by atoms with Gasteiger partial charge in [0, 0.05) is 30.0 Å². The largest absolute Gasteiger partial charge is 0.493 e. The van der Waals surface area contributed by atoms with Gasteiger partial charge in [0.05, 0.1) is 19.7 Å². The molecule has 1 amide bonds. The molecule has 0 atom stereocenters. The number of fused-ring (bicyclic) bond motifs is 1. The lowest BCUT2D eigenvalue weighted by Crippen LogP contribution is -2.26. The van der Waals surface area contributed by atoms with Gasteiger partial charge in [0.1, 0.15) is 0 Å². The molecule has 0 spiro atoms. The lowest BCUT2D eigenvalue weighted by molar-refractivity contribution is -0.121. The monoisotopic (exact) mass is 374 g/mol. The van der Waals surface area contributed by atoms with E-state index in [0.29, 0.717) is 35.5 Å². The Morgan fingerprint density at radius 3 is 2.41 bits per heavy atom. The number of aromatic nitrogens is 1. The molecule has 0 radical (unpaired) electrons. The third-order valence-electron chi connectivity index (χ3n) is 4.47. The Morgan fingerprint density at radius 2 is 1.78 bits per heavy atom. The molecule has 0 aliphatic carbocycles. The first kappa shape index (κ1) is 20.8. The van der Waals surface area contributed by atoms with E-state index in [2.05, 4.69) is 31.1 Å². The van der Waals surface area contributed by atoms with Gasteiger partial charge in [0.2, 0.25) is 5.91 Å². The number of benzene rings is 1. The Balaban J connectivity index is 2.01. The van der Waals surface area contributed by atoms with Crippen molar-refractivity contribution in [1.29, 1.82) is 0 Å². The summed E-state index contributed by atoms with van der Waals surface area (Å²) in [5, 5.41) is 3.77. The summed E-state index contributed by atoms with van der Waals surface area (Å²) in [7, 11) is 3.12. The van der Waals surface area contributed by atoms with Gasteiger partial charge in [-0.1, -0.05) is 20.8 Å². The Kier molecular flexibility index (Phi) is 6.88. The molecule has 0 aliphatic rings. The van der Waals surface area contributed by atoms with Crippen LogP contribution in [0.3, 0.4) is 0 Å². The number of nitrogens with one attached hydrogen (secondary N) is 2. The maximum Gasteiger partial charge on any atom is 0.251 e. The predicted molar refractivity (Wildman–Crippen MR) is 108 cm³/mol. The van der Waals surface area contributed by atoms with E-state index in [0.717, 1.165) is 18.2 Å². The average Bonchev–Trinajstić information content (AvgIpc) is 2.61. The van der Waals surface area contributed by atoms with Crippen LogP contribution < -0.4 is 20.3 Å². The van der Waals surface area contributed by atoms with Gasteiger partial charge < -0.3 is 19.8 Å². The van der Waals surface area contributed by atoms with Crippen molar-refractivity contribution in [2.45, 2.75) is 46.5 Å². The topological polar surface area (TPSA) is 80.4 Å². The van der Waals surface area contributed by atoms with Gasteiger partial charge in [-0.25, -0.2) is 0 Å². The van der Waals surface area contributed by atoms with E-state index in [9.17, 15) is 9.59 Å². The molecule has 0 saturated heterocycles.